The standard InChI is InChI=1S/C21H28N6O/c1-24(2)16-21(28)20-13-19-15-25(9-5-11-27(19)23-20)14-17-6-3-7-18(12-17)26-10-4-8-22-26/h3-4,6-8,10,12-13,21,28H,5,9,11,14-16H2,1-2H3/t21-/m1/s1. The number of rotatable bonds is 6. The Morgan fingerprint density at radius 3 is 2.86 bits per heavy atom. The van der Waals surface area contributed by atoms with Crippen molar-refractivity contribution in [1.82, 2.24) is 29.4 Å². The quantitative estimate of drug-likeness (QED) is 0.709. The summed E-state index contributed by atoms with van der Waals surface area (Å²) in [5.74, 6) is 0. The molecule has 2 aromatic heterocycles. The van der Waals surface area contributed by atoms with Crippen LogP contribution in [0.3, 0.4) is 0 Å². The minimum atomic E-state index is -0.548. The zero-order valence-corrected chi connectivity index (χ0v) is 16.6. The molecule has 0 aliphatic carbocycles. The van der Waals surface area contributed by atoms with Crippen LogP contribution < -0.4 is 0 Å². The van der Waals surface area contributed by atoms with Crippen LogP contribution in [-0.2, 0) is 19.6 Å². The summed E-state index contributed by atoms with van der Waals surface area (Å²) >= 11 is 0. The van der Waals surface area contributed by atoms with E-state index >= 15 is 0 Å². The van der Waals surface area contributed by atoms with E-state index in [1.54, 1.807) is 6.20 Å². The van der Waals surface area contributed by atoms with Crippen molar-refractivity contribution >= 4 is 0 Å². The average Bonchev–Trinajstić information content (AvgIpc) is 3.29. The van der Waals surface area contributed by atoms with E-state index < -0.39 is 6.10 Å². The van der Waals surface area contributed by atoms with Gasteiger partial charge >= 0.3 is 0 Å². The number of fused-ring (bicyclic) bond motifs is 1. The largest absolute Gasteiger partial charge is 0.385 e. The Hall–Kier alpha value is -2.48. The summed E-state index contributed by atoms with van der Waals surface area (Å²) in [6, 6.07) is 12.5. The van der Waals surface area contributed by atoms with Gasteiger partial charge in [0.25, 0.3) is 0 Å². The predicted octanol–water partition coefficient (Wildman–Crippen LogP) is 2.07. The van der Waals surface area contributed by atoms with Crippen molar-refractivity contribution in [2.24, 2.45) is 0 Å². The molecule has 0 saturated heterocycles. The van der Waals surface area contributed by atoms with Crippen molar-refractivity contribution in [3.63, 3.8) is 0 Å². The highest BCUT2D eigenvalue weighted by atomic mass is 16.3. The van der Waals surface area contributed by atoms with Gasteiger partial charge in [-0.1, -0.05) is 12.1 Å². The molecule has 0 radical (unpaired) electrons. The molecule has 4 rings (SSSR count). The highest BCUT2D eigenvalue weighted by Crippen LogP contribution is 2.20. The van der Waals surface area contributed by atoms with E-state index in [0.29, 0.717) is 6.54 Å². The van der Waals surface area contributed by atoms with Crippen molar-refractivity contribution in [3.05, 3.63) is 65.7 Å². The van der Waals surface area contributed by atoms with Crippen LogP contribution in [-0.4, -0.2) is 61.7 Å². The Morgan fingerprint density at radius 1 is 1.18 bits per heavy atom. The van der Waals surface area contributed by atoms with Crippen LogP contribution in [0.5, 0.6) is 0 Å². The van der Waals surface area contributed by atoms with E-state index in [9.17, 15) is 5.11 Å². The van der Waals surface area contributed by atoms with Gasteiger partial charge in [-0.25, -0.2) is 4.68 Å². The maximum absolute atomic E-state index is 10.4. The minimum absolute atomic E-state index is 0.548. The Kier molecular flexibility index (Phi) is 5.57. The van der Waals surface area contributed by atoms with Crippen LogP contribution in [0.2, 0.25) is 0 Å². The molecule has 1 N–H and O–H groups in total. The van der Waals surface area contributed by atoms with Gasteiger partial charge in [0.2, 0.25) is 0 Å². The van der Waals surface area contributed by atoms with Crippen LogP contribution in [0.15, 0.2) is 48.8 Å². The summed E-state index contributed by atoms with van der Waals surface area (Å²) in [5.41, 5.74) is 4.30. The van der Waals surface area contributed by atoms with E-state index in [1.807, 2.05) is 35.9 Å². The molecule has 28 heavy (non-hydrogen) atoms. The van der Waals surface area contributed by atoms with Crippen LogP contribution >= 0.6 is 0 Å². The molecule has 0 unspecified atom stereocenters. The molecule has 1 atom stereocenters. The van der Waals surface area contributed by atoms with Crippen molar-refractivity contribution < 1.29 is 5.11 Å². The molecule has 148 valence electrons. The number of aliphatic hydroxyl groups is 1. The highest BCUT2D eigenvalue weighted by molar-refractivity contribution is 5.35. The van der Waals surface area contributed by atoms with Gasteiger partial charge in [0.05, 0.1) is 17.1 Å². The van der Waals surface area contributed by atoms with Gasteiger partial charge in [0, 0.05) is 45.1 Å². The summed E-state index contributed by atoms with van der Waals surface area (Å²) in [7, 11) is 3.92. The fourth-order valence-corrected chi connectivity index (χ4v) is 3.77. The average molecular weight is 380 g/mol. The first-order valence-corrected chi connectivity index (χ1v) is 9.79. The summed E-state index contributed by atoms with van der Waals surface area (Å²) in [4.78, 5) is 4.43. The molecule has 7 nitrogen and oxygen atoms in total. The number of likely N-dealkylation sites (N-methyl/N-ethyl adjacent to an activating group) is 1. The summed E-state index contributed by atoms with van der Waals surface area (Å²) in [6.07, 6.45) is 4.26. The molecule has 3 aromatic rings. The van der Waals surface area contributed by atoms with E-state index in [2.05, 4.69) is 50.1 Å². The van der Waals surface area contributed by atoms with Gasteiger partial charge in [0.1, 0.15) is 6.10 Å². The van der Waals surface area contributed by atoms with Gasteiger partial charge in [-0.2, -0.15) is 10.2 Å². The van der Waals surface area contributed by atoms with Crippen molar-refractivity contribution in [2.75, 3.05) is 27.2 Å². The fraction of sp³-hybridized carbons (Fsp3) is 0.429. The second-order valence-electron chi connectivity index (χ2n) is 7.75. The van der Waals surface area contributed by atoms with E-state index in [4.69, 9.17) is 0 Å². The topological polar surface area (TPSA) is 62.4 Å². The predicted molar refractivity (Wildman–Crippen MR) is 108 cm³/mol. The third-order valence-electron chi connectivity index (χ3n) is 5.08. The van der Waals surface area contributed by atoms with Gasteiger partial charge in [-0.05, 0) is 50.3 Å². The monoisotopic (exact) mass is 380 g/mol. The molecule has 1 aliphatic rings. The summed E-state index contributed by atoms with van der Waals surface area (Å²) in [6.45, 7) is 4.24. The van der Waals surface area contributed by atoms with Crippen LogP contribution in [0.25, 0.3) is 5.69 Å². The summed E-state index contributed by atoms with van der Waals surface area (Å²) < 4.78 is 3.95. The Labute approximate surface area is 165 Å². The molecule has 0 saturated carbocycles. The zero-order valence-electron chi connectivity index (χ0n) is 16.6. The maximum atomic E-state index is 10.4. The fourth-order valence-electron chi connectivity index (χ4n) is 3.77. The molecule has 1 aliphatic heterocycles. The second kappa shape index (κ2) is 8.26. The van der Waals surface area contributed by atoms with E-state index in [-0.39, 0.29) is 0 Å². The Morgan fingerprint density at radius 2 is 2.07 bits per heavy atom. The molecule has 0 amide bonds. The summed E-state index contributed by atoms with van der Waals surface area (Å²) in [5, 5.41) is 19.4. The first kappa shape index (κ1) is 18.9. The van der Waals surface area contributed by atoms with E-state index in [1.165, 1.54) is 11.3 Å². The number of nitrogens with zero attached hydrogens (tertiary/aromatic N) is 6. The number of hydrogen-bond acceptors (Lipinski definition) is 5. The lowest BCUT2D eigenvalue weighted by Gasteiger charge is -2.20. The number of aliphatic hydroxyl groups excluding tert-OH is 1. The molecule has 1 aromatic carbocycles. The third-order valence-corrected chi connectivity index (χ3v) is 5.08. The van der Waals surface area contributed by atoms with Crippen LogP contribution in [0, 0.1) is 0 Å². The highest BCUT2D eigenvalue weighted by Gasteiger charge is 2.20. The number of aryl methyl sites for hydroxylation is 1. The Balaban J connectivity index is 1.47. The smallest absolute Gasteiger partial charge is 0.110 e. The van der Waals surface area contributed by atoms with Gasteiger partial charge in [-0.15, -0.1) is 0 Å². The normalized spacial score (nSPS) is 16.1. The first-order chi connectivity index (χ1) is 13.6. The van der Waals surface area contributed by atoms with E-state index in [0.717, 1.165) is 44.0 Å². The number of aromatic nitrogens is 4. The molecular weight excluding hydrogens is 352 g/mol. The SMILES string of the molecule is CN(C)C[C@@H](O)c1cc2n(n1)CCCN(Cc1cccc(-n3cccn3)c1)C2. The lowest BCUT2D eigenvalue weighted by molar-refractivity contribution is 0.133. The van der Waals surface area contributed by atoms with Crippen LogP contribution in [0.1, 0.15) is 29.5 Å². The second-order valence-corrected chi connectivity index (χ2v) is 7.75. The van der Waals surface area contributed by atoms with Crippen LogP contribution in [0.4, 0.5) is 0 Å². The molecular formula is C21H28N6O. The van der Waals surface area contributed by atoms with Crippen molar-refractivity contribution in [2.45, 2.75) is 32.2 Å². The van der Waals surface area contributed by atoms with Gasteiger partial charge < -0.3 is 10.0 Å². The van der Waals surface area contributed by atoms with Gasteiger partial charge in [-0.3, -0.25) is 9.58 Å². The number of benzene rings is 1. The van der Waals surface area contributed by atoms with Gasteiger partial charge in [0.15, 0.2) is 0 Å². The van der Waals surface area contributed by atoms with Crippen molar-refractivity contribution in [3.8, 4) is 5.69 Å². The maximum Gasteiger partial charge on any atom is 0.110 e. The zero-order chi connectivity index (χ0) is 19.5. The molecule has 0 fully saturated rings. The molecule has 0 spiro atoms. The molecule has 3 heterocycles. The Bertz CT molecular complexity index is 902. The first-order valence-electron chi connectivity index (χ1n) is 9.79. The lowest BCUT2D eigenvalue weighted by Crippen LogP contribution is -2.23. The molecule has 7 heteroatoms. The minimum Gasteiger partial charge on any atom is -0.385 e. The lowest BCUT2D eigenvalue weighted by atomic mass is 10.1. The third kappa shape index (κ3) is 4.32. The van der Waals surface area contributed by atoms with Crippen molar-refractivity contribution in [1.29, 1.82) is 0 Å². The molecule has 0 bridgehead atoms. The number of hydrogen-bond donors (Lipinski definition) is 1.